The first-order valence-electron chi connectivity index (χ1n) is 9.56. The highest BCUT2D eigenvalue weighted by molar-refractivity contribution is 5.97. The third-order valence-corrected chi connectivity index (χ3v) is 5.09. The van der Waals surface area contributed by atoms with Gasteiger partial charge < -0.3 is 19.5 Å². The van der Waals surface area contributed by atoms with Crippen molar-refractivity contribution >= 4 is 22.9 Å². The number of fused-ring (bicyclic) bond motifs is 1. The van der Waals surface area contributed by atoms with Crippen molar-refractivity contribution in [1.29, 1.82) is 0 Å². The number of rotatable bonds is 5. The lowest BCUT2D eigenvalue weighted by Gasteiger charge is -2.27. The van der Waals surface area contributed by atoms with Crippen LogP contribution in [-0.4, -0.2) is 56.5 Å². The zero-order chi connectivity index (χ0) is 19.7. The molecule has 0 aliphatic carbocycles. The molecule has 0 spiro atoms. The van der Waals surface area contributed by atoms with Gasteiger partial charge in [0.2, 0.25) is 5.95 Å². The van der Waals surface area contributed by atoms with E-state index in [-0.39, 0.29) is 11.9 Å². The zero-order valence-electron chi connectivity index (χ0n) is 16.4. The molecule has 1 aliphatic heterocycles. The maximum atomic E-state index is 12.8. The van der Waals surface area contributed by atoms with E-state index in [2.05, 4.69) is 24.9 Å². The van der Waals surface area contributed by atoms with Crippen LogP contribution in [0.3, 0.4) is 0 Å². The Morgan fingerprint density at radius 2 is 2.11 bits per heavy atom. The summed E-state index contributed by atoms with van der Waals surface area (Å²) in [5, 5.41) is 7.16. The number of anilines is 1. The standard InChI is InChI=1S/C19H25N7O2/c1-4-26-17(20-12-21-26)13(2)22-18(27)14-5-6-16-15(11-14)23-19(24(16)3)25-7-9-28-10-8-25/h5-6,11-13H,4,7-10H2,1-3H3,(H,22,27)/t13-/m1/s1. The van der Waals surface area contributed by atoms with Crippen molar-refractivity contribution in [3.63, 3.8) is 0 Å². The van der Waals surface area contributed by atoms with E-state index in [4.69, 9.17) is 9.72 Å². The van der Waals surface area contributed by atoms with E-state index in [9.17, 15) is 4.79 Å². The van der Waals surface area contributed by atoms with Crippen LogP contribution in [0.2, 0.25) is 0 Å². The van der Waals surface area contributed by atoms with E-state index in [1.54, 1.807) is 4.68 Å². The minimum Gasteiger partial charge on any atom is -0.378 e. The fraction of sp³-hybridized carbons (Fsp3) is 0.474. The molecule has 1 amide bonds. The predicted molar refractivity (Wildman–Crippen MR) is 105 cm³/mol. The van der Waals surface area contributed by atoms with Crippen LogP contribution in [0.15, 0.2) is 24.5 Å². The highest BCUT2D eigenvalue weighted by atomic mass is 16.5. The van der Waals surface area contributed by atoms with Crippen molar-refractivity contribution in [1.82, 2.24) is 29.6 Å². The Hall–Kier alpha value is -2.94. The van der Waals surface area contributed by atoms with Crippen LogP contribution in [0.25, 0.3) is 11.0 Å². The SMILES string of the molecule is CCn1ncnc1[C@@H](C)NC(=O)c1ccc2c(c1)nc(N1CCOCC1)n2C. The third-order valence-electron chi connectivity index (χ3n) is 5.09. The number of nitrogens with zero attached hydrogens (tertiary/aromatic N) is 6. The number of hydrogen-bond donors (Lipinski definition) is 1. The summed E-state index contributed by atoms with van der Waals surface area (Å²) in [7, 11) is 2.00. The second-order valence-electron chi connectivity index (χ2n) is 6.90. The normalized spacial score (nSPS) is 15.8. The van der Waals surface area contributed by atoms with Crippen molar-refractivity contribution in [2.45, 2.75) is 26.4 Å². The lowest BCUT2D eigenvalue weighted by molar-refractivity contribution is 0.0937. The van der Waals surface area contributed by atoms with Crippen LogP contribution in [0.4, 0.5) is 5.95 Å². The quantitative estimate of drug-likeness (QED) is 0.718. The minimum absolute atomic E-state index is 0.154. The van der Waals surface area contributed by atoms with Gasteiger partial charge in [0.05, 0.1) is 30.3 Å². The van der Waals surface area contributed by atoms with Gasteiger partial charge in [0, 0.05) is 32.2 Å². The van der Waals surface area contributed by atoms with Crippen LogP contribution in [0, 0.1) is 0 Å². The topological polar surface area (TPSA) is 90.1 Å². The van der Waals surface area contributed by atoms with Crippen molar-refractivity contribution in [2.24, 2.45) is 7.05 Å². The lowest BCUT2D eigenvalue weighted by Crippen LogP contribution is -2.37. The summed E-state index contributed by atoms with van der Waals surface area (Å²) >= 11 is 0. The molecule has 1 fully saturated rings. The summed E-state index contributed by atoms with van der Waals surface area (Å²) in [6.07, 6.45) is 1.51. The van der Waals surface area contributed by atoms with Crippen molar-refractivity contribution in [3.05, 3.63) is 35.9 Å². The molecule has 4 rings (SSSR count). The summed E-state index contributed by atoms with van der Waals surface area (Å²) in [6.45, 7) is 7.66. The fourth-order valence-electron chi connectivity index (χ4n) is 3.57. The number of benzene rings is 1. The fourth-order valence-corrected chi connectivity index (χ4v) is 3.57. The molecule has 148 valence electrons. The molecule has 0 saturated carbocycles. The van der Waals surface area contributed by atoms with Crippen LogP contribution < -0.4 is 10.2 Å². The average molecular weight is 383 g/mol. The van der Waals surface area contributed by atoms with E-state index < -0.39 is 0 Å². The van der Waals surface area contributed by atoms with Gasteiger partial charge >= 0.3 is 0 Å². The maximum Gasteiger partial charge on any atom is 0.251 e. The van der Waals surface area contributed by atoms with E-state index in [0.29, 0.717) is 25.3 Å². The molecule has 1 atom stereocenters. The van der Waals surface area contributed by atoms with Gasteiger partial charge in [-0.15, -0.1) is 0 Å². The number of aryl methyl sites for hydroxylation is 2. The maximum absolute atomic E-state index is 12.8. The smallest absolute Gasteiger partial charge is 0.251 e. The van der Waals surface area contributed by atoms with E-state index >= 15 is 0 Å². The molecule has 1 saturated heterocycles. The Kier molecular flexibility index (Phi) is 4.99. The Balaban J connectivity index is 1.56. The highest BCUT2D eigenvalue weighted by Crippen LogP contribution is 2.23. The van der Waals surface area contributed by atoms with Gasteiger partial charge in [0.1, 0.15) is 12.2 Å². The molecule has 0 bridgehead atoms. The zero-order valence-corrected chi connectivity index (χ0v) is 16.4. The number of nitrogens with one attached hydrogen (secondary N) is 1. The first kappa shape index (κ1) is 18.4. The van der Waals surface area contributed by atoms with Gasteiger partial charge in [-0.3, -0.25) is 4.79 Å². The summed E-state index contributed by atoms with van der Waals surface area (Å²) < 4.78 is 9.27. The first-order chi connectivity index (χ1) is 13.6. The molecule has 0 radical (unpaired) electrons. The Bertz CT molecular complexity index is 987. The molecular formula is C19H25N7O2. The van der Waals surface area contributed by atoms with Gasteiger partial charge in [0.15, 0.2) is 0 Å². The molecule has 9 heteroatoms. The average Bonchev–Trinajstić information content (AvgIpc) is 3.33. The second-order valence-corrected chi connectivity index (χ2v) is 6.90. The molecule has 28 heavy (non-hydrogen) atoms. The number of carbonyl (C=O) groups excluding carboxylic acids is 1. The van der Waals surface area contributed by atoms with Gasteiger partial charge in [-0.2, -0.15) is 5.10 Å². The molecule has 3 aromatic rings. The molecule has 2 aromatic heterocycles. The molecule has 1 aliphatic rings. The largest absolute Gasteiger partial charge is 0.378 e. The van der Waals surface area contributed by atoms with E-state index in [1.165, 1.54) is 6.33 Å². The van der Waals surface area contributed by atoms with Gasteiger partial charge in [-0.05, 0) is 32.0 Å². The van der Waals surface area contributed by atoms with Crippen LogP contribution in [-0.2, 0) is 18.3 Å². The lowest BCUT2D eigenvalue weighted by atomic mass is 10.1. The van der Waals surface area contributed by atoms with Crippen LogP contribution in [0.1, 0.15) is 36.1 Å². The molecule has 9 nitrogen and oxygen atoms in total. The van der Waals surface area contributed by atoms with E-state index in [1.807, 2.05) is 39.1 Å². The molecule has 1 aromatic carbocycles. The van der Waals surface area contributed by atoms with Gasteiger partial charge in [0.25, 0.3) is 5.91 Å². The Morgan fingerprint density at radius 3 is 2.86 bits per heavy atom. The first-order valence-corrected chi connectivity index (χ1v) is 9.56. The Morgan fingerprint density at radius 1 is 1.32 bits per heavy atom. The molecule has 0 unspecified atom stereocenters. The van der Waals surface area contributed by atoms with E-state index in [0.717, 1.165) is 35.9 Å². The number of aromatic nitrogens is 5. The van der Waals surface area contributed by atoms with Crippen LogP contribution in [0.5, 0.6) is 0 Å². The molecule has 1 N–H and O–H groups in total. The number of morpholine rings is 1. The van der Waals surface area contributed by atoms with Crippen molar-refractivity contribution in [3.8, 4) is 0 Å². The summed E-state index contributed by atoms with van der Waals surface area (Å²) in [6, 6.07) is 5.38. The van der Waals surface area contributed by atoms with Gasteiger partial charge in [-0.1, -0.05) is 0 Å². The van der Waals surface area contributed by atoms with Crippen molar-refractivity contribution < 1.29 is 9.53 Å². The molecular weight excluding hydrogens is 358 g/mol. The summed E-state index contributed by atoms with van der Waals surface area (Å²) in [5.74, 6) is 1.49. The monoisotopic (exact) mass is 383 g/mol. The van der Waals surface area contributed by atoms with Crippen molar-refractivity contribution in [2.75, 3.05) is 31.2 Å². The van der Waals surface area contributed by atoms with Crippen LogP contribution >= 0.6 is 0 Å². The highest BCUT2D eigenvalue weighted by Gasteiger charge is 2.20. The predicted octanol–water partition coefficient (Wildman–Crippen LogP) is 1.51. The number of imidazole rings is 1. The number of amides is 1. The number of ether oxygens (including phenoxy) is 1. The minimum atomic E-state index is -0.238. The molecule has 3 heterocycles. The summed E-state index contributed by atoms with van der Waals surface area (Å²) in [5.41, 5.74) is 2.38. The second kappa shape index (κ2) is 7.59. The Labute approximate surface area is 163 Å². The van der Waals surface area contributed by atoms with Gasteiger partial charge in [-0.25, -0.2) is 14.6 Å². The number of hydrogen-bond acceptors (Lipinski definition) is 6. The third kappa shape index (κ3) is 3.33. The summed E-state index contributed by atoms with van der Waals surface area (Å²) in [4.78, 5) is 24.0. The number of carbonyl (C=O) groups is 1.